The Morgan fingerprint density at radius 1 is 0.941 bits per heavy atom. The molecule has 2 rings (SSSR count). The molecule has 1 atom stereocenters. The summed E-state index contributed by atoms with van der Waals surface area (Å²) in [6, 6.07) is 1.60. The molecule has 94 valence electrons. The molecule has 0 amide bonds. The Morgan fingerprint density at radius 3 is 2.18 bits per heavy atom. The van der Waals surface area contributed by atoms with Crippen LogP contribution >= 0.6 is 15.9 Å². The molecule has 1 aliphatic rings. The third-order valence-corrected chi connectivity index (χ3v) is 4.64. The Labute approximate surface area is 107 Å². The Hall–Kier alpha value is -0.510. The van der Waals surface area contributed by atoms with Crippen LogP contribution in [-0.2, 0) is 0 Å². The molecule has 17 heavy (non-hydrogen) atoms. The van der Waals surface area contributed by atoms with E-state index in [9.17, 15) is 13.2 Å². The fraction of sp³-hybridized carbons (Fsp3) is 0.538. The molecule has 1 unspecified atom stereocenters. The second-order valence-electron chi connectivity index (χ2n) is 4.59. The molecule has 0 heterocycles. The van der Waals surface area contributed by atoms with Crippen molar-refractivity contribution in [1.29, 1.82) is 0 Å². The molecule has 0 bridgehead atoms. The molecule has 1 aromatic carbocycles. The number of hydrogen-bond acceptors (Lipinski definition) is 0. The minimum atomic E-state index is -1.13. The summed E-state index contributed by atoms with van der Waals surface area (Å²) in [6.07, 6.45) is 5.47. The summed E-state index contributed by atoms with van der Waals surface area (Å²) in [5, 5.41) is 0. The first-order valence-corrected chi connectivity index (χ1v) is 6.79. The van der Waals surface area contributed by atoms with Gasteiger partial charge in [0.05, 0.1) is 0 Å². The molecular formula is C13H14BrF3. The SMILES string of the molecule is Fc1cc(F)c(C(Br)C2CCCCC2)cc1F. The van der Waals surface area contributed by atoms with E-state index in [0.29, 0.717) is 12.0 Å². The quantitative estimate of drug-likeness (QED) is 0.525. The average Bonchev–Trinajstić information content (AvgIpc) is 2.34. The molecule has 1 fully saturated rings. The van der Waals surface area contributed by atoms with Gasteiger partial charge in [-0.25, -0.2) is 13.2 Å². The van der Waals surface area contributed by atoms with E-state index in [2.05, 4.69) is 15.9 Å². The van der Waals surface area contributed by atoms with Gasteiger partial charge in [0, 0.05) is 16.5 Å². The number of hydrogen-bond donors (Lipinski definition) is 0. The molecule has 4 heteroatoms. The summed E-state index contributed by atoms with van der Waals surface area (Å²) >= 11 is 3.43. The molecule has 1 aromatic rings. The van der Waals surface area contributed by atoms with Gasteiger partial charge in [0.2, 0.25) is 0 Å². The van der Waals surface area contributed by atoms with Crippen LogP contribution in [0, 0.1) is 23.4 Å². The van der Waals surface area contributed by atoms with Crippen LogP contribution in [0.1, 0.15) is 42.5 Å². The highest BCUT2D eigenvalue weighted by Crippen LogP contribution is 2.41. The summed E-state index contributed by atoms with van der Waals surface area (Å²) < 4.78 is 39.6. The van der Waals surface area contributed by atoms with Crippen molar-refractivity contribution in [1.82, 2.24) is 0 Å². The normalized spacial score (nSPS) is 19.3. The highest BCUT2D eigenvalue weighted by Gasteiger charge is 2.26. The van der Waals surface area contributed by atoms with Crippen LogP contribution in [-0.4, -0.2) is 0 Å². The lowest BCUT2D eigenvalue weighted by Gasteiger charge is -2.26. The van der Waals surface area contributed by atoms with E-state index in [-0.39, 0.29) is 10.4 Å². The average molecular weight is 307 g/mol. The first-order chi connectivity index (χ1) is 8.09. The molecular weight excluding hydrogens is 293 g/mol. The predicted octanol–water partition coefficient (Wildman–Crippen LogP) is 5.12. The number of halogens is 4. The zero-order chi connectivity index (χ0) is 12.4. The maximum atomic E-state index is 13.6. The maximum absolute atomic E-state index is 13.6. The summed E-state index contributed by atoms with van der Waals surface area (Å²) in [5.74, 6) is -2.48. The summed E-state index contributed by atoms with van der Waals surface area (Å²) in [7, 11) is 0. The van der Waals surface area contributed by atoms with Crippen molar-refractivity contribution in [3.63, 3.8) is 0 Å². The van der Waals surface area contributed by atoms with Gasteiger partial charge in [-0.3, -0.25) is 0 Å². The topological polar surface area (TPSA) is 0 Å². The van der Waals surface area contributed by atoms with Gasteiger partial charge in [0.25, 0.3) is 0 Å². The Bertz CT molecular complexity index is 400. The third-order valence-electron chi connectivity index (χ3n) is 3.40. The second-order valence-corrected chi connectivity index (χ2v) is 5.57. The zero-order valence-electron chi connectivity index (χ0n) is 9.36. The van der Waals surface area contributed by atoms with E-state index in [1.54, 1.807) is 0 Å². The molecule has 1 aliphatic carbocycles. The molecule has 1 saturated carbocycles. The molecule has 0 radical (unpaired) electrons. The molecule has 0 spiro atoms. The van der Waals surface area contributed by atoms with Crippen LogP contribution < -0.4 is 0 Å². The van der Waals surface area contributed by atoms with E-state index in [1.807, 2.05) is 0 Å². The Balaban J connectivity index is 2.23. The van der Waals surface area contributed by atoms with Gasteiger partial charge in [0.15, 0.2) is 11.6 Å². The minimum Gasteiger partial charge on any atom is -0.207 e. The van der Waals surface area contributed by atoms with Crippen molar-refractivity contribution >= 4 is 15.9 Å². The monoisotopic (exact) mass is 306 g/mol. The van der Waals surface area contributed by atoms with E-state index >= 15 is 0 Å². The zero-order valence-corrected chi connectivity index (χ0v) is 10.9. The van der Waals surface area contributed by atoms with Crippen molar-refractivity contribution in [2.45, 2.75) is 36.9 Å². The van der Waals surface area contributed by atoms with Crippen LogP contribution in [0.2, 0.25) is 0 Å². The summed E-state index contributed by atoms with van der Waals surface area (Å²) in [6.45, 7) is 0. The van der Waals surface area contributed by atoms with Crippen LogP contribution in [0.4, 0.5) is 13.2 Å². The fourth-order valence-electron chi connectivity index (χ4n) is 2.43. The lowest BCUT2D eigenvalue weighted by Crippen LogP contribution is -2.13. The molecule has 0 saturated heterocycles. The first kappa shape index (κ1) is 12.9. The fourth-order valence-corrected chi connectivity index (χ4v) is 3.31. The van der Waals surface area contributed by atoms with Gasteiger partial charge in [-0.2, -0.15) is 0 Å². The highest BCUT2D eigenvalue weighted by molar-refractivity contribution is 9.09. The standard InChI is InChI=1S/C13H14BrF3/c14-13(8-4-2-1-3-5-8)9-6-11(16)12(17)7-10(9)15/h6-8,13H,1-5H2. The van der Waals surface area contributed by atoms with Gasteiger partial charge in [0.1, 0.15) is 5.82 Å². The molecule has 0 aromatic heterocycles. The summed E-state index contributed by atoms with van der Waals surface area (Å²) in [5.41, 5.74) is 0.232. The molecule has 0 N–H and O–H groups in total. The van der Waals surface area contributed by atoms with Crippen LogP contribution in [0.5, 0.6) is 0 Å². The van der Waals surface area contributed by atoms with Crippen LogP contribution in [0.3, 0.4) is 0 Å². The Kier molecular flexibility index (Phi) is 4.13. The van der Waals surface area contributed by atoms with Crippen molar-refractivity contribution in [2.75, 3.05) is 0 Å². The number of benzene rings is 1. The first-order valence-electron chi connectivity index (χ1n) is 5.88. The van der Waals surface area contributed by atoms with Gasteiger partial charge in [-0.05, 0) is 24.8 Å². The highest BCUT2D eigenvalue weighted by atomic mass is 79.9. The van der Waals surface area contributed by atoms with E-state index in [0.717, 1.165) is 31.7 Å². The van der Waals surface area contributed by atoms with Gasteiger partial charge in [-0.1, -0.05) is 35.2 Å². The summed E-state index contributed by atoms with van der Waals surface area (Å²) in [4.78, 5) is -0.224. The second kappa shape index (κ2) is 5.42. The van der Waals surface area contributed by atoms with Crippen LogP contribution in [0.25, 0.3) is 0 Å². The van der Waals surface area contributed by atoms with Gasteiger partial charge < -0.3 is 0 Å². The van der Waals surface area contributed by atoms with Crippen molar-refractivity contribution in [3.8, 4) is 0 Å². The Morgan fingerprint density at radius 2 is 1.53 bits per heavy atom. The van der Waals surface area contributed by atoms with Gasteiger partial charge in [-0.15, -0.1) is 0 Å². The third kappa shape index (κ3) is 2.84. The number of alkyl halides is 1. The largest absolute Gasteiger partial charge is 0.207 e. The van der Waals surface area contributed by atoms with Crippen molar-refractivity contribution < 1.29 is 13.2 Å². The molecule has 0 nitrogen and oxygen atoms in total. The molecule has 0 aliphatic heterocycles. The van der Waals surface area contributed by atoms with E-state index < -0.39 is 17.5 Å². The van der Waals surface area contributed by atoms with Crippen molar-refractivity contribution in [2.24, 2.45) is 5.92 Å². The maximum Gasteiger partial charge on any atom is 0.161 e. The minimum absolute atomic E-state index is 0.224. The lowest BCUT2D eigenvalue weighted by molar-refractivity contribution is 0.349. The lowest BCUT2D eigenvalue weighted by atomic mass is 9.84. The van der Waals surface area contributed by atoms with Crippen LogP contribution in [0.15, 0.2) is 12.1 Å². The van der Waals surface area contributed by atoms with Crippen molar-refractivity contribution in [3.05, 3.63) is 35.1 Å². The van der Waals surface area contributed by atoms with E-state index in [4.69, 9.17) is 0 Å². The van der Waals surface area contributed by atoms with E-state index in [1.165, 1.54) is 6.42 Å². The number of rotatable bonds is 2. The van der Waals surface area contributed by atoms with Gasteiger partial charge >= 0.3 is 0 Å². The predicted molar refractivity (Wildman–Crippen MR) is 64.6 cm³/mol. The smallest absolute Gasteiger partial charge is 0.161 e.